The van der Waals surface area contributed by atoms with Crippen molar-refractivity contribution in [1.29, 1.82) is 0 Å². The van der Waals surface area contributed by atoms with Crippen LogP contribution in [0.3, 0.4) is 0 Å². The molecule has 0 spiro atoms. The molecule has 3 rings (SSSR count). The molecule has 6 nitrogen and oxygen atoms in total. The van der Waals surface area contributed by atoms with Crippen molar-refractivity contribution in [2.75, 3.05) is 7.11 Å². The van der Waals surface area contributed by atoms with E-state index in [0.717, 1.165) is 44.6 Å². The number of amides is 1. The van der Waals surface area contributed by atoms with Crippen molar-refractivity contribution in [3.05, 3.63) is 57.9 Å². The summed E-state index contributed by atoms with van der Waals surface area (Å²) in [4.78, 5) is 23.9. The Hall–Kier alpha value is -2.96. The summed E-state index contributed by atoms with van der Waals surface area (Å²) in [5.41, 5.74) is -0.415. The van der Waals surface area contributed by atoms with E-state index in [9.17, 15) is 14.9 Å². The predicted molar refractivity (Wildman–Crippen MR) is 109 cm³/mol. The number of nitro groups is 1. The van der Waals surface area contributed by atoms with Crippen LogP contribution in [0.25, 0.3) is 11.1 Å². The minimum Gasteiger partial charge on any atom is -0.490 e. The second-order valence-electron chi connectivity index (χ2n) is 7.30. The molecule has 0 saturated heterocycles. The molecule has 0 unspecified atom stereocenters. The number of methoxy groups -OCH3 is 1. The Kier molecular flexibility index (Phi) is 6.80. The number of ether oxygens (including phenoxy) is 1. The topological polar surface area (TPSA) is 81.5 Å². The van der Waals surface area contributed by atoms with Crippen molar-refractivity contribution in [2.24, 2.45) is 0 Å². The number of carbonyl (C=O) groups is 1. The van der Waals surface area contributed by atoms with Gasteiger partial charge >= 0.3 is 5.69 Å². The number of hydrogen-bond acceptors (Lipinski definition) is 4. The lowest BCUT2D eigenvalue weighted by Crippen LogP contribution is -2.36. The number of carbonyl (C=O) groups excluding carboxylic acids is 1. The zero-order valence-corrected chi connectivity index (χ0v) is 16.4. The van der Waals surface area contributed by atoms with Gasteiger partial charge in [-0.3, -0.25) is 14.9 Å². The van der Waals surface area contributed by atoms with Crippen LogP contribution in [0, 0.1) is 15.9 Å². The van der Waals surface area contributed by atoms with Crippen LogP contribution in [0.1, 0.15) is 55.3 Å². The number of nitro benzene ring substituents is 1. The van der Waals surface area contributed by atoms with Crippen LogP contribution in [-0.2, 0) is 0 Å². The van der Waals surface area contributed by atoms with Crippen LogP contribution in [0.15, 0.2) is 36.4 Å². The average Bonchev–Trinajstić information content (AvgIpc) is 2.69. The molecule has 1 fully saturated rings. The first kappa shape index (κ1) is 20.8. The van der Waals surface area contributed by atoms with Crippen molar-refractivity contribution in [2.45, 2.75) is 51.0 Å². The van der Waals surface area contributed by atoms with Gasteiger partial charge in [0, 0.05) is 11.6 Å². The zero-order valence-electron chi connectivity index (χ0n) is 16.4. The highest BCUT2D eigenvalue weighted by Crippen LogP contribution is 2.41. The maximum Gasteiger partial charge on any atom is 0.327 e. The third-order valence-electron chi connectivity index (χ3n) is 5.35. The molecule has 1 aliphatic carbocycles. The van der Waals surface area contributed by atoms with Gasteiger partial charge in [0.2, 0.25) is 5.75 Å². The normalized spacial score (nSPS) is 15.2. The summed E-state index contributed by atoms with van der Waals surface area (Å²) in [7, 11) is 1.28. The second kappa shape index (κ2) is 9.49. The molecule has 0 atom stereocenters. The molecule has 1 N–H and O–H groups in total. The molecule has 0 radical (unpaired) electrons. The number of hydrogen-bond donors (Lipinski definition) is 1. The summed E-state index contributed by atoms with van der Waals surface area (Å²) in [5, 5.41) is 14.6. The van der Waals surface area contributed by atoms with Crippen molar-refractivity contribution in [3.63, 3.8) is 0 Å². The van der Waals surface area contributed by atoms with Crippen LogP contribution in [0.5, 0.6) is 5.75 Å². The summed E-state index contributed by atoms with van der Waals surface area (Å²) in [5.74, 6) is -1.82. The lowest BCUT2D eigenvalue weighted by Gasteiger charge is -2.21. The van der Waals surface area contributed by atoms with Gasteiger partial charge < -0.3 is 10.1 Å². The highest BCUT2D eigenvalue weighted by molar-refractivity contribution is 6.01. The summed E-state index contributed by atoms with van der Waals surface area (Å²) in [6.45, 7) is 0. The van der Waals surface area contributed by atoms with Crippen molar-refractivity contribution >= 4 is 11.6 Å². The first-order valence-corrected chi connectivity index (χ1v) is 9.94. The quantitative estimate of drug-likeness (QED) is 0.549. The van der Waals surface area contributed by atoms with Gasteiger partial charge in [0.05, 0.1) is 12.0 Å². The van der Waals surface area contributed by atoms with E-state index in [-0.39, 0.29) is 17.4 Å². The van der Waals surface area contributed by atoms with Crippen molar-refractivity contribution in [3.8, 4) is 16.9 Å². The molecular formula is C22H25FN2O4. The molecule has 29 heavy (non-hydrogen) atoms. The summed E-state index contributed by atoms with van der Waals surface area (Å²) in [6, 6.07) is 9.71. The lowest BCUT2D eigenvalue weighted by atomic mass is 9.96. The first-order valence-electron chi connectivity index (χ1n) is 9.94. The fraction of sp³-hybridized carbons (Fsp3) is 0.409. The van der Waals surface area contributed by atoms with Crippen LogP contribution >= 0.6 is 0 Å². The highest BCUT2D eigenvalue weighted by Gasteiger charge is 2.33. The van der Waals surface area contributed by atoms with Crippen LogP contribution in [0.4, 0.5) is 10.1 Å². The fourth-order valence-corrected chi connectivity index (χ4v) is 3.91. The van der Waals surface area contributed by atoms with Crippen molar-refractivity contribution < 1.29 is 18.8 Å². The van der Waals surface area contributed by atoms with Gasteiger partial charge in [0.1, 0.15) is 5.82 Å². The van der Waals surface area contributed by atoms with Gasteiger partial charge in [0.25, 0.3) is 5.91 Å². The standard InChI is InChI=1S/C22H25FN2O4/c1-29-21-17(15-10-6-5-7-11-15)14-18(23)19(20(21)25(27)28)22(26)24-16-12-8-3-2-4-9-13-16/h5-7,10-11,14,16H,2-4,8-9,12-13H2,1H3,(H,24,26). The Morgan fingerprint density at radius 2 is 1.76 bits per heavy atom. The minimum absolute atomic E-state index is 0.110. The molecule has 1 aliphatic rings. The van der Waals surface area contributed by atoms with Gasteiger partial charge in [-0.2, -0.15) is 0 Å². The summed E-state index contributed by atoms with van der Waals surface area (Å²) < 4.78 is 20.3. The smallest absolute Gasteiger partial charge is 0.327 e. The molecule has 0 heterocycles. The Labute approximate surface area is 169 Å². The van der Waals surface area contributed by atoms with E-state index in [1.54, 1.807) is 30.3 Å². The zero-order chi connectivity index (χ0) is 20.8. The van der Waals surface area contributed by atoms with Crippen LogP contribution in [0.2, 0.25) is 0 Å². The number of halogens is 1. The molecule has 2 aromatic carbocycles. The SMILES string of the molecule is COc1c(-c2ccccc2)cc(F)c(C(=O)NC2CCCCCCC2)c1[N+](=O)[O-]. The van der Waals surface area contributed by atoms with Gasteiger partial charge in [0.15, 0.2) is 5.56 Å². The van der Waals surface area contributed by atoms with E-state index >= 15 is 4.39 Å². The third-order valence-corrected chi connectivity index (χ3v) is 5.35. The maximum absolute atomic E-state index is 15.0. The van der Waals surface area contributed by atoms with E-state index in [4.69, 9.17) is 4.74 Å². The average molecular weight is 400 g/mol. The van der Waals surface area contributed by atoms with Gasteiger partial charge in [-0.05, 0) is 24.5 Å². The summed E-state index contributed by atoms with van der Waals surface area (Å²) >= 11 is 0. The van der Waals surface area contributed by atoms with Crippen LogP contribution in [-0.4, -0.2) is 24.0 Å². The van der Waals surface area contributed by atoms with Gasteiger partial charge in [-0.25, -0.2) is 4.39 Å². The fourth-order valence-electron chi connectivity index (χ4n) is 3.91. The maximum atomic E-state index is 15.0. The van der Waals surface area contributed by atoms with E-state index in [0.29, 0.717) is 5.56 Å². The van der Waals surface area contributed by atoms with Gasteiger partial charge in [-0.1, -0.05) is 62.4 Å². The molecule has 1 amide bonds. The Bertz CT molecular complexity index is 878. The Morgan fingerprint density at radius 3 is 2.34 bits per heavy atom. The molecule has 0 bridgehead atoms. The van der Waals surface area contributed by atoms with Crippen LogP contribution < -0.4 is 10.1 Å². The number of nitrogens with zero attached hydrogens (tertiary/aromatic N) is 1. The van der Waals surface area contributed by atoms with E-state index in [2.05, 4.69) is 5.32 Å². The molecule has 7 heteroatoms. The minimum atomic E-state index is -0.931. The third kappa shape index (κ3) is 4.72. The lowest BCUT2D eigenvalue weighted by molar-refractivity contribution is -0.386. The Balaban J connectivity index is 2.01. The second-order valence-corrected chi connectivity index (χ2v) is 7.30. The van der Waals surface area contributed by atoms with Gasteiger partial charge in [-0.15, -0.1) is 0 Å². The molecule has 0 aromatic heterocycles. The van der Waals surface area contributed by atoms with E-state index < -0.39 is 27.9 Å². The summed E-state index contributed by atoms with van der Waals surface area (Å²) in [6.07, 6.45) is 6.91. The molecular weight excluding hydrogens is 375 g/mol. The predicted octanol–water partition coefficient (Wildman–Crippen LogP) is 5.25. The molecule has 1 saturated carbocycles. The van der Waals surface area contributed by atoms with Crippen molar-refractivity contribution in [1.82, 2.24) is 5.32 Å². The molecule has 0 aliphatic heterocycles. The molecule has 2 aromatic rings. The number of nitrogens with one attached hydrogen (secondary N) is 1. The largest absolute Gasteiger partial charge is 0.490 e. The van der Waals surface area contributed by atoms with E-state index in [1.165, 1.54) is 13.5 Å². The Morgan fingerprint density at radius 1 is 1.14 bits per heavy atom. The number of benzene rings is 2. The monoisotopic (exact) mass is 400 g/mol. The number of rotatable bonds is 5. The highest BCUT2D eigenvalue weighted by atomic mass is 19.1. The first-order chi connectivity index (χ1) is 14.0. The van der Waals surface area contributed by atoms with E-state index in [1.807, 2.05) is 0 Å². The molecule has 154 valence electrons.